The van der Waals surface area contributed by atoms with Crippen LogP contribution in [0, 0.1) is 6.92 Å². The van der Waals surface area contributed by atoms with Crippen LogP contribution >= 0.6 is 0 Å². The number of hydrogen-bond acceptors (Lipinski definition) is 2. The van der Waals surface area contributed by atoms with Gasteiger partial charge in [-0.3, -0.25) is 4.79 Å². The first kappa shape index (κ1) is 8.81. The number of carbonyl (C=O) groups is 1. The van der Waals surface area contributed by atoms with Crippen LogP contribution in [0.1, 0.15) is 16.1 Å². The number of furan rings is 1. The lowest BCUT2D eigenvalue weighted by atomic mass is 10.1. The van der Waals surface area contributed by atoms with Crippen molar-refractivity contribution in [1.29, 1.82) is 0 Å². The summed E-state index contributed by atoms with van der Waals surface area (Å²) in [7, 11) is 1.61. The summed E-state index contributed by atoms with van der Waals surface area (Å²) in [6.07, 6.45) is 0. The third-order valence-corrected chi connectivity index (χ3v) is 2.23. The molecule has 1 amide bonds. The summed E-state index contributed by atoms with van der Waals surface area (Å²) in [4.78, 5) is 11.5. The van der Waals surface area contributed by atoms with Gasteiger partial charge in [0.2, 0.25) is 0 Å². The number of fused-ring (bicyclic) bond motifs is 1. The predicted molar refractivity (Wildman–Crippen MR) is 54.3 cm³/mol. The van der Waals surface area contributed by atoms with Crippen molar-refractivity contribution in [2.45, 2.75) is 6.92 Å². The number of para-hydroxylation sites is 1. The summed E-state index contributed by atoms with van der Waals surface area (Å²) < 4.78 is 5.46. The second-order valence-corrected chi connectivity index (χ2v) is 3.11. The maximum atomic E-state index is 11.5. The van der Waals surface area contributed by atoms with Gasteiger partial charge in [0.05, 0.1) is 5.56 Å². The smallest absolute Gasteiger partial charge is 0.255 e. The Morgan fingerprint density at radius 1 is 1.36 bits per heavy atom. The van der Waals surface area contributed by atoms with Crippen LogP contribution in [0.5, 0.6) is 0 Å². The maximum absolute atomic E-state index is 11.5. The number of benzene rings is 1. The second-order valence-electron chi connectivity index (χ2n) is 3.11. The number of hydrogen-bond donors (Lipinski definition) is 1. The zero-order chi connectivity index (χ0) is 10.1. The van der Waals surface area contributed by atoms with Gasteiger partial charge >= 0.3 is 0 Å². The first-order chi connectivity index (χ1) is 6.74. The lowest BCUT2D eigenvalue weighted by Crippen LogP contribution is -2.18. The van der Waals surface area contributed by atoms with E-state index in [1.165, 1.54) is 0 Å². The fourth-order valence-electron chi connectivity index (χ4n) is 1.57. The topological polar surface area (TPSA) is 42.2 Å². The minimum atomic E-state index is -0.104. The minimum Gasteiger partial charge on any atom is -0.461 e. The molecule has 0 aliphatic heterocycles. The van der Waals surface area contributed by atoms with Gasteiger partial charge < -0.3 is 9.73 Å². The van der Waals surface area contributed by atoms with Crippen molar-refractivity contribution in [3.63, 3.8) is 0 Å². The number of nitrogens with one attached hydrogen (secondary N) is 1. The summed E-state index contributed by atoms with van der Waals surface area (Å²) in [5.41, 5.74) is 1.38. The van der Waals surface area contributed by atoms with Gasteiger partial charge in [-0.2, -0.15) is 0 Å². The Morgan fingerprint density at radius 2 is 2.07 bits per heavy atom. The molecule has 0 spiro atoms. The molecule has 0 bridgehead atoms. The highest BCUT2D eigenvalue weighted by Crippen LogP contribution is 2.24. The van der Waals surface area contributed by atoms with Gasteiger partial charge in [0.1, 0.15) is 11.3 Å². The van der Waals surface area contributed by atoms with Crippen LogP contribution in [0.25, 0.3) is 11.0 Å². The third-order valence-electron chi connectivity index (χ3n) is 2.23. The highest BCUT2D eigenvalue weighted by Gasteiger charge is 2.15. The van der Waals surface area contributed by atoms with Gasteiger partial charge in [-0.15, -0.1) is 0 Å². The molecule has 1 aromatic carbocycles. The molecule has 2 rings (SSSR count). The molecule has 3 heteroatoms. The van der Waals surface area contributed by atoms with Crippen LogP contribution < -0.4 is 5.32 Å². The Kier molecular flexibility index (Phi) is 2.00. The van der Waals surface area contributed by atoms with Crippen molar-refractivity contribution in [2.75, 3.05) is 7.05 Å². The van der Waals surface area contributed by atoms with E-state index in [2.05, 4.69) is 5.32 Å². The van der Waals surface area contributed by atoms with E-state index in [0.717, 1.165) is 11.0 Å². The van der Waals surface area contributed by atoms with Crippen molar-refractivity contribution in [1.82, 2.24) is 5.32 Å². The molecule has 3 nitrogen and oxygen atoms in total. The molecule has 1 heterocycles. The largest absolute Gasteiger partial charge is 0.461 e. The fourth-order valence-corrected chi connectivity index (χ4v) is 1.57. The van der Waals surface area contributed by atoms with Crippen molar-refractivity contribution in [3.05, 3.63) is 35.6 Å². The first-order valence-electron chi connectivity index (χ1n) is 4.44. The number of aryl methyl sites for hydroxylation is 1. The molecular weight excluding hydrogens is 178 g/mol. The van der Waals surface area contributed by atoms with E-state index >= 15 is 0 Å². The van der Waals surface area contributed by atoms with Gasteiger partial charge in [0.15, 0.2) is 0 Å². The second kappa shape index (κ2) is 3.18. The zero-order valence-electron chi connectivity index (χ0n) is 8.13. The number of amides is 1. The molecule has 0 aliphatic rings. The standard InChI is InChI=1S/C11H11NO2/c1-7-10(11(13)12-2)8-5-3-4-6-9(8)14-7/h3-6H,1-2H3,(H,12,13). The van der Waals surface area contributed by atoms with E-state index in [0.29, 0.717) is 11.3 Å². The molecule has 0 fully saturated rings. The molecule has 72 valence electrons. The molecule has 1 aromatic heterocycles. The molecule has 1 N–H and O–H groups in total. The van der Waals surface area contributed by atoms with E-state index in [9.17, 15) is 4.79 Å². The van der Waals surface area contributed by atoms with Crippen LogP contribution in [0.4, 0.5) is 0 Å². The predicted octanol–water partition coefficient (Wildman–Crippen LogP) is 2.10. The Morgan fingerprint density at radius 3 is 2.79 bits per heavy atom. The van der Waals surface area contributed by atoms with Gasteiger partial charge in [0.25, 0.3) is 5.91 Å². The Bertz CT molecular complexity index is 485. The van der Waals surface area contributed by atoms with Crippen LogP contribution in [-0.4, -0.2) is 13.0 Å². The fraction of sp³-hybridized carbons (Fsp3) is 0.182. The first-order valence-corrected chi connectivity index (χ1v) is 4.44. The zero-order valence-corrected chi connectivity index (χ0v) is 8.13. The van der Waals surface area contributed by atoms with E-state index in [-0.39, 0.29) is 5.91 Å². The van der Waals surface area contributed by atoms with Gasteiger partial charge in [-0.1, -0.05) is 18.2 Å². The molecule has 0 atom stereocenters. The lowest BCUT2D eigenvalue weighted by molar-refractivity contribution is 0.0963. The number of rotatable bonds is 1. The Labute approximate surface area is 81.7 Å². The normalized spacial score (nSPS) is 10.4. The van der Waals surface area contributed by atoms with E-state index < -0.39 is 0 Å². The van der Waals surface area contributed by atoms with Crippen LogP contribution in [-0.2, 0) is 0 Å². The Balaban J connectivity index is 2.74. The molecule has 0 saturated carbocycles. The van der Waals surface area contributed by atoms with E-state index in [4.69, 9.17) is 4.42 Å². The van der Waals surface area contributed by atoms with Crippen molar-refractivity contribution < 1.29 is 9.21 Å². The quantitative estimate of drug-likeness (QED) is 0.746. The van der Waals surface area contributed by atoms with Gasteiger partial charge in [-0.25, -0.2) is 0 Å². The summed E-state index contributed by atoms with van der Waals surface area (Å²) in [5.74, 6) is 0.554. The van der Waals surface area contributed by atoms with E-state index in [1.54, 1.807) is 14.0 Å². The molecule has 0 unspecified atom stereocenters. The number of carbonyl (C=O) groups excluding carboxylic acids is 1. The SMILES string of the molecule is CNC(=O)c1c(C)oc2ccccc12. The lowest BCUT2D eigenvalue weighted by Gasteiger charge is -1.96. The van der Waals surface area contributed by atoms with Gasteiger partial charge in [0, 0.05) is 12.4 Å². The van der Waals surface area contributed by atoms with Crippen LogP contribution in [0.15, 0.2) is 28.7 Å². The summed E-state index contributed by atoms with van der Waals surface area (Å²) >= 11 is 0. The summed E-state index contributed by atoms with van der Waals surface area (Å²) in [6, 6.07) is 7.52. The monoisotopic (exact) mass is 189 g/mol. The average Bonchev–Trinajstić information content (AvgIpc) is 2.53. The van der Waals surface area contributed by atoms with Gasteiger partial charge in [-0.05, 0) is 13.0 Å². The molecular formula is C11H11NO2. The maximum Gasteiger partial charge on any atom is 0.255 e. The molecule has 0 saturated heterocycles. The summed E-state index contributed by atoms with van der Waals surface area (Å²) in [5, 5.41) is 3.47. The summed E-state index contributed by atoms with van der Waals surface area (Å²) in [6.45, 7) is 1.80. The van der Waals surface area contributed by atoms with Crippen molar-refractivity contribution in [2.24, 2.45) is 0 Å². The van der Waals surface area contributed by atoms with Crippen LogP contribution in [0.2, 0.25) is 0 Å². The molecule has 0 aliphatic carbocycles. The highest BCUT2D eigenvalue weighted by molar-refractivity contribution is 6.07. The average molecular weight is 189 g/mol. The van der Waals surface area contributed by atoms with Crippen molar-refractivity contribution in [3.8, 4) is 0 Å². The third kappa shape index (κ3) is 1.18. The van der Waals surface area contributed by atoms with Crippen molar-refractivity contribution >= 4 is 16.9 Å². The molecule has 14 heavy (non-hydrogen) atoms. The highest BCUT2D eigenvalue weighted by atomic mass is 16.3. The van der Waals surface area contributed by atoms with Crippen LogP contribution in [0.3, 0.4) is 0 Å². The molecule has 0 radical (unpaired) electrons. The minimum absolute atomic E-state index is 0.104. The Hall–Kier alpha value is -1.77. The van der Waals surface area contributed by atoms with E-state index in [1.807, 2.05) is 24.3 Å². The molecule has 2 aromatic rings.